The van der Waals surface area contributed by atoms with Crippen molar-refractivity contribution < 1.29 is 4.74 Å². The van der Waals surface area contributed by atoms with Crippen molar-refractivity contribution in [3.63, 3.8) is 0 Å². The lowest BCUT2D eigenvalue weighted by molar-refractivity contribution is 0.154. The van der Waals surface area contributed by atoms with Gasteiger partial charge in [0, 0.05) is 35.4 Å². The Kier molecular flexibility index (Phi) is 6.15. The number of hydrogen-bond donors (Lipinski definition) is 2. The third kappa shape index (κ3) is 3.99. The Balaban J connectivity index is 2.80. The zero-order chi connectivity index (χ0) is 13.5. The second-order valence-corrected chi connectivity index (χ2v) is 4.71. The fourth-order valence-corrected chi connectivity index (χ4v) is 2.29. The number of rotatable bonds is 7. The monoisotopic (exact) mass is 313 g/mol. The molecule has 0 amide bonds. The van der Waals surface area contributed by atoms with Crippen LogP contribution in [0, 0.1) is 5.41 Å². The minimum Gasteiger partial charge on any atom is -0.384 e. The van der Waals surface area contributed by atoms with Crippen LogP contribution in [0.2, 0.25) is 0 Å². The molecule has 0 fully saturated rings. The summed E-state index contributed by atoms with van der Waals surface area (Å²) in [5.41, 5.74) is 7.32. The molecule has 0 atom stereocenters. The highest BCUT2D eigenvalue weighted by Crippen LogP contribution is 2.23. The quantitative estimate of drug-likeness (QED) is 0.462. The van der Waals surface area contributed by atoms with E-state index in [4.69, 9.17) is 15.9 Å². The molecule has 5 heteroatoms. The van der Waals surface area contributed by atoms with Gasteiger partial charge in [0.25, 0.3) is 0 Å². The zero-order valence-corrected chi connectivity index (χ0v) is 12.5. The number of nitrogens with zero attached hydrogens (tertiary/aromatic N) is 1. The van der Waals surface area contributed by atoms with E-state index >= 15 is 0 Å². The van der Waals surface area contributed by atoms with E-state index in [2.05, 4.69) is 27.8 Å². The van der Waals surface area contributed by atoms with Gasteiger partial charge >= 0.3 is 0 Å². The van der Waals surface area contributed by atoms with Gasteiger partial charge < -0.3 is 15.4 Å². The van der Waals surface area contributed by atoms with E-state index in [-0.39, 0.29) is 5.84 Å². The van der Waals surface area contributed by atoms with Crippen molar-refractivity contribution in [2.24, 2.45) is 5.73 Å². The third-order valence-corrected chi connectivity index (χ3v) is 3.36. The molecule has 0 saturated heterocycles. The molecule has 3 N–H and O–H groups in total. The molecule has 1 rings (SSSR count). The third-order valence-electron chi connectivity index (χ3n) is 2.70. The molecule has 0 unspecified atom stereocenters. The van der Waals surface area contributed by atoms with Crippen LogP contribution in [0.1, 0.15) is 19.4 Å². The smallest absolute Gasteiger partial charge is 0.123 e. The Morgan fingerprint density at radius 3 is 2.67 bits per heavy atom. The Morgan fingerprint density at radius 1 is 1.44 bits per heavy atom. The average molecular weight is 314 g/mol. The summed E-state index contributed by atoms with van der Waals surface area (Å²) in [6.07, 6.45) is 0. The molecule has 0 aliphatic heterocycles. The van der Waals surface area contributed by atoms with Crippen molar-refractivity contribution in [3.05, 3.63) is 28.2 Å². The maximum absolute atomic E-state index is 7.45. The summed E-state index contributed by atoms with van der Waals surface area (Å²) in [4.78, 5) is 2.23. The molecule has 0 aromatic heterocycles. The number of ether oxygens (including phenoxy) is 1. The summed E-state index contributed by atoms with van der Waals surface area (Å²) in [7, 11) is 0. The first-order valence-corrected chi connectivity index (χ1v) is 6.86. The largest absolute Gasteiger partial charge is 0.384 e. The molecule has 4 nitrogen and oxygen atoms in total. The van der Waals surface area contributed by atoms with E-state index in [0.717, 1.165) is 42.0 Å². The van der Waals surface area contributed by atoms with E-state index in [1.54, 1.807) is 0 Å². The number of nitrogen functional groups attached to an aromatic ring is 1. The predicted molar refractivity (Wildman–Crippen MR) is 79.5 cm³/mol. The van der Waals surface area contributed by atoms with Crippen molar-refractivity contribution >= 4 is 27.5 Å². The number of amidine groups is 1. The summed E-state index contributed by atoms with van der Waals surface area (Å²) in [5, 5.41) is 7.45. The van der Waals surface area contributed by atoms with E-state index in [1.807, 2.05) is 25.1 Å². The highest BCUT2D eigenvalue weighted by atomic mass is 79.9. The maximum atomic E-state index is 7.45. The molecule has 100 valence electrons. The Bertz CT molecular complexity index is 409. The Hall–Kier alpha value is -1.07. The number of anilines is 1. The Labute approximate surface area is 117 Å². The van der Waals surface area contributed by atoms with Crippen molar-refractivity contribution in [1.29, 1.82) is 5.41 Å². The molecule has 0 heterocycles. The fourth-order valence-electron chi connectivity index (χ4n) is 1.71. The van der Waals surface area contributed by atoms with Crippen molar-refractivity contribution in [1.82, 2.24) is 0 Å². The molecule has 0 aliphatic carbocycles. The standard InChI is InChI=1S/C13H20BrN3O/c1-3-17(7-8-18-4-2)10-5-6-11(13(15)16)12(14)9-10/h5-6,9H,3-4,7-8H2,1-2H3,(H3,15,16). The summed E-state index contributed by atoms with van der Waals surface area (Å²) in [6, 6.07) is 5.84. The van der Waals surface area contributed by atoms with Crippen molar-refractivity contribution in [3.8, 4) is 0 Å². The highest BCUT2D eigenvalue weighted by molar-refractivity contribution is 9.10. The molecule has 0 aliphatic rings. The second kappa shape index (κ2) is 7.38. The minimum atomic E-state index is 0.0748. The first-order chi connectivity index (χ1) is 8.60. The number of likely N-dealkylation sites (N-methyl/N-ethyl adjacent to an activating group) is 1. The van der Waals surface area contributed by atoms with Crippen LogP contribution < -0.4 is 10.6 Å². The van der Waals surface area contributed by atoms with Crippen LogP contribution in [-0.2, 0) is 4.74 Å². The normalized spacial score (nSPS) is 10.4. The van der Waals surface area contributed by atoms with Gasteiger partial charge in [0.2, 0.25) is 0 Å². The lowest BCUT2D eigenvalue weighted by Crippen LogP contribution is -2.27. The van der Waals surface area contributed by atoms with Crippen LogP contribution in [0.4, 0.5) is 5.69 Å². The lowest BCUT2D eigenvalue weighted by atomic mass is 10.2. The van der Waals surface area contributed by atoms with E-state index in [0.29, 0.717) is 0 Å². The van der Waals surface area contributed by atoms with E-state index in [1.165, 1.54) is 0 Å². The van der Waals surface area contributed by atoms with Gasteiger partial charge in [-0.2, -0.15) is 0 Å². The number of hydrogen-bond acceptors (Lipinski definition) is 3. The summed E-state index contributed by atoms with van der Waals surface area (Å²) in [6.45, 7) is 7.34. The van der Waals surface area contributed by atoms with Crippen LogP contribution in [0.15, 0.2) is 22.7 Å². The van der Waals surface area contributed by atoms with Gasteiger partial charge in [-0.3, -0.25) is 5.41 Å². The molecule has 18 heavy (non-hydrogen) atoms. The van der Waals surface area contributed by atoms with Gasteiger partial charge in [0.1, 0.15) is 5.84 Å². The number of halogens is 1. The first-order valence-electron chi connectivity index (χ1n) is 6.06. The number of benzene rings is 1. The molecule has 0 bridgehead atoms. The van der Waals surface area contributed by atoms with Crippen molar-refractivity contribution in [2.75, 3.05) is 31.2 Å². The summed E-state index contributed by atoms with van der Waals surface area (Å²) in [5.74, 6) is 0.0748. The number of nitrogens with two attached hydrogens (primary N) is 1. The van der Waals surface area contributed by atoms with Gasteiger partial charge in [-0.05, 0) is 48.0 Å². The molecular formula is C13H20BrN3O. The average Bonchev–Trinajstić information content (AvgIpc) is 2.34. The van der Waals surface area contributed by atoms with Crippen LogP contribution >= 0.6 is 15.9 Å². The van der Waals surface area contributed by atoms with Crippen LogP contribution in [0.25, 0.3) is 0 Å². The van der Waals surface area contributed by atoms with Gasteiger partial charge in [0.15, 0.2) is 0 Å². The molecule has 0 spiro atoms. The van der Waals surface area contributed by atoms with Crippen LogP contribution in [0.5, 0.6) is 0 Å². The molecule has 0 radical (unpaired) electrons. The van der Waals surface area contributed by atoms with Crippen LogP contribution in [0.3, 0.4) is 0 Å². The van der Waals surface area contributed by atoms with Gasteiger partial charge in [-0.15, -0.1) is 0 Å². The summed E-state index contributed by atoms with van der Waals surface area (Å²) >= 11 is 3.45. The van der Waals surface area contributed by atoms with Gasteiger partial charge in [0.05, 0.1) is 6.61 Å². The minimum absolute atomic E-state index is 0.0748. The number of nitrogens with one attached hydrogen (secondary N) is 1. The van der Waals surface area contributed by atoms with E-state index < -0.39 is 0 Å². The van der Waals surface area contributed by atoms with Crippen molar-refractivity contribution in [2.45, 2.75) is 13.8 Å². The molecule has 1 aromatic carbocycles. The molecule has 1 aromatic rings. The van der Waals surface area contributed by atoms with Gasteiger partial charge in [-0.1, -0.05) is 0 Å². The zero-order valence-electron chi connectivity index (χ0n) is 10.9. The maximum Gasteiger partial charge on any atom is 0.123 e. The Morgan fingerprint density at radius 2 is 2.17 bits per heavy atom. The van der Waals surface area contributed by atoms with E-state index in [9.17, 15) is 0 Å². The second-order valence-electron chi connectivity index (χ2n) is 3.85. The highest BCUT2D eigenvalue weighted by Gasteiger charge is 2.08. The lowest BCUT2D eigenvalue weighted by Gasteiger charge is -2.23. The van der Waals surface area contributed by atoms with Gasteiger partial charge in [-0.25, -0.2) is 0 Å². The summed E-state index contributed by atoms with van der Waals surface area (Å²) < 4.78 is 6.22. The SMILES string of the molecule is CCOCCN(CC)c1ccc(C(=N)N)c(Br)c1. The van der Waals surface area contributed by atoms with Crippen LogP contribution in [-0.4, -0.2) is 32.1 Å². The fraction of sp³-hybridized carbons (Fsp3) is 0.462. The molecular weight excluding hydrogens is 294 g/mol. The predicted octanol–water partition coefficient (Wildman–Crippen LogP) is 2.60. The first kappa shape index (κ1) is 15.0. The molecule has 0 saturated carbocycles. The topological polar surface area (TPSA) is 62.3 Å².